The quantitative estimate of drug-likeness (QED) is 0.495. The van der Waals surface area contributed by atoms with Crippen LogP contribution in [0.3, 0.4) is 0 Å². The Balaban J connectivity index is 1.41. The Morgan fingerprint density at radius 1 is 1.05 bits per heavy atom. The Morgan fingerprint density at radius 2 is 1.79 bits per heavy atom. The van der Waals surface area contributed by atoms with Crippen molar-refractivity contribution in [1.29, 1.82) is 0 Å². The Morgan fingerprint density at radius 3 is 2.47 bits per heavy atom. The lowest BCUT2D eigenvalue weighted by molar-refractivity contribution is -0.135. The first-order valence-electron chi connectivity index (χ1n) is 13.3. The number of hydrogen-bond acceptors (Lipinski definition) is 5. The molecule has 5 rings (SSSR count). The van der Waals surface area contributed by atoms with Crippen molar-refractivity contribution in [2.24, 2.45) is 11.8 Å². The molecule has 3 aromatic rings. The summed E-state index contributed by atoms with van der Waals surface area (Å²) in [4.78, 5) is 38.3. The van der Waals surface area contributed by atoms with Gasteiger partial charge in [0.1, 0.15) is 5.82 Å². The number of carbonyl (C=O) groups excluding carboxylic acids is 1. The molecule has 1 amide bonds. The van der Waals surface area contributed by atoms with Crippen LogP contribution in [0.1, 0.15) is 53.4 Å². The summed E-state index contributed by atoms with van der Waals surface area (Å²) >= 11 is 0. The summed E-state index contributed by atoms with van der Waals surface area (Å²) in [5, 5.41) is 9.74. The Hall–Kier alpha value is -3.81. The Labute approximate surface area is 222 Å². The zero-order chi connectivity index (χ0) is 26.8. The van der Waals surface area contributed by atoms with Gasteiger partial charge in [-0.05, 0) is 42.5 Å². The number of carboxylic acids is 1. The number of aromatic carboxylic acids is 1. The van der Waals surface area contributed by atoms with E-state index >= 15 is 0 Å². The maximum atomic E-state index is 13.7. The largest absolute Gasteiger partial charge is 0.478 e. The number of nitrogens with zero attached hydrogens (tertiary/aromatic N) is 4. The van der Waals surface area contributed by atoms with E-state index < -0.39 is 5.97 Å². The average molecular weight is 517 g/mol. The molecule has 3 atom stereocenters. The van der Waals surface area contributed by atoms with Crippen molar-refractivity contribution < 1.29 is 19.1 Å². The van der Waals surface area contributed by atoms with Gasteiger partial charge in [-0.2, -0.15) is 0 Å². The minimum atomic E-state index is -1.03. The van der Waals surface area contributed by atoms with Gasteiger partial charge in [-0.3, -0.25) is 4.79 Å². The number of amides is 1. The molecule has 8 heteroatoms. The van der Waals surface area contributed by atoms with Crippen LogP contribution < -0.4 is 4.90 Å². The van der Waals surface area contributed by atoms with E-state index in [0.29, 0.717) is 44.1 Å². The van der Waals surface area contributed by atoms with E-state index in [-0.39, 0.29) is 41.1 Å². The van der Waals surface area contributed by atoms with E-state index in [4.69, 9.17) is 4.98 Å². The minimum absolute atomic E-state index is 0.0712. The van der Waals surface area contributed by atoms with Crippen molar-refractivity contribution in [2.75, 3.05) is 24.5 Å². The number of hydrogen-bond donors (Lipinski definition) is 1. The van der Waals surface area contributed by atoms with Crippen molar-refractivity contribution in [3.63, 3.8) is 0 Å². The summed E-state index contributed by atoms with van der Waals surface area (Å²) in [6.45, 7) is 5.76. The third-order valence-corrected chi connectivity index (χ3v) is 7.87. The van der Waals surface area contributed by atoms with Gasteiger partial charge in [0, 0.05) is 49.6 Å². The molecule has 0 bridgehead atoms. The molecule has 2 saturated heterocycles. The Bertz CT molecular complexity index is 1300. The molecule has 1 N–H and O–H groups in total. The molecule has 3 heterocycles. The fourth-order valence-electron chi connectivity index (χ4n) is 5.90. The van der Waals surface area contributed by atoms with Crippen molar-refractivity contribution in [2.45, 2.75) is 45.1 Å². The lowest BCUT2D eigenvalue weighted by Gasteiger charge is -2.39. The van der Waals surface area contributed by atoms with Crippen LogP contribution in [0.4, 0.5) is 10.3 Å². The number of rotatable bonds is 7. The lowest BCUT2D eigenvalue weighted by atomic mass is 9.82. The van der Waals surface area contributed by atoms with Crippen molar-refractivity contribution >= 4 is 17.8 Å². The number of anilines is 1. The molecular formula is C30H33FN4O3. The number of likely N-dealkylation sites (tertiary alicyclic amines) is 1. The average Bonchev–Trinajstić information content (AvgIpc) is 3.31. The molecule has 38 heavy (non-hydrogen) atoms. The number of halogens is 1. The molecule has 198 valence electrons. The van der Waals surface area contributed by atoms with Crippen molar-refractivity contribution in [3.05, 3.63) is 89.0 Å². The molecule has 0 unspecified atom stereocenters. The van der Waals surface area contributed by atoms with Crippen LogP contribution in [0.2, 0.25) is 0 Å². The predicted octanol–water partition coefficient (Wildman–Crippen LogP) is 4.58. The highest BCUT2D eigenvalue weighted by Gasteiger charge is 2.47. The second-order valence-corrected chi connectivity index (χ2v) is 10.6. The van der Waals surface area contributed by atoms with Gasteiger partial charge in [0.05, 0.1) is 11.3 Å². The van der Waals surface area contributed by atoms with Gasteiger partial charge in [-0.25, -0.2) is 19.2 Å². The van der Waals surface area contributed by atoms with Crippen LogP contribution in [0.25, 0.3) is 0 Å². The monoisotopic (exact) mass is 516 g/mol. The summed E-state index contributed by atoms with van der Waals surface area (Å²) in [5.41, 5.74) is 2.78. The second-order valence-electron chi connectivity index (χ2n) is 10.6. The smallest absolute Gasteiger partial charge is 0.339 e. The van der Waals surface area contributed by atoms with E-state index in [1.54, 1.807) is 0 Å². The normalized spacial score (nSPS) is 21.0. The molecule has 0 radical (unpaired) electrons. The fraction of sp³-hybridized carbons (Fsp3) is 0.400. The van der Waals surface area contributed by atoms with Crippen LogP contribution in [-0.4, -0.2) is 57.5 Å². The van der Waals surface area contributed by atoms with Crippen LogP contribution in [0.15, 0.2) is 60.8 Å². The highest BCUT2D eigenvalue weighted by atomic mass is 19.1. The van der Waals surface area contributed by atoms with E-state index in [0.717, 1.165) is 17.5 Å². The maximum Gasteiger partial charge on any atom is 0.339 e. The summed E-state index contributed by atoms with van der Waals surface area (Å²) in [5.74, 6) is -0.549. The second kappa shape index (κ2) is 10.9. The first-order valence-corrected chi connectivity index (χ1v) is 13.3. The van der Waals surface area contributed by atoms with Gasteiger partial charge >= 0.3 is 5.97 Å². The molecule has 0 aliphatic carbocycles. The van der Waals surface area contributed by atoms with Crippen LogP contribution >= 0.6 is 0 Å². The molecule has 2 fully saturated rings. The first-order chi connectivity index (χ1) is 18.3. The van der Waals surface area contributed by atoms with Crippen LogP contribution in [0.5, 0.6) is 0 Å². The van der Waals surface area contributed by atoms with Gasteiger partial charge in [-0.1, -0.05) is 56.3 Å². The van der Waals surface area contributed by atoms with E-state index in [2.05, 4.69) is 9.88 Å². The first kappa shape index (κ1) is 25.8. The van der Waals surface area contributed by atoms with Gasteiger partial charge in [0.25, 0.3) is 0 Å². The fourth-order valence-corrected chi connectivity index (χ4v) is 5.90. The zero-order valence-electron chi connectivity index (χ0n) is 21.8. The molecular weight excluding hydrogens is 483 g/mol. The van der Waals surface area contributed by atoms with Gasteiger partial charge in [0.15, 0.2) is 0 Å². The highest BCUT2D eigenvalue weighted by molar-refractivity contribution is 5.88. The number of piperidine rings is 1. The van der Waals surface area contributed by atoms with E-state index in [1.807, 2.05) is 61.2 Å². The maximum absolute atomic E-state index is 13.7. The number of carboxylic acid groups (broad SMARTS) is 1. The highest BCUT2D eigenvalue weighted by Crippen LogP contribution is 2.42. The number of benzene rings is 2. The number of aryl methyl sites for hydroxylation is 2. The molecule has 7 nitrogen and oxygen atoms in total. The summed E-state index contributed by atoms with van der Waals surface area (Å²) in [7, 11) is 0. The van der Waals surface area contributed by atoms with Crippen molar-refractivity contribution in [3.8, 4) is 0 Å². The summed E-state index contributed by atoms with van der Waals surface area (Å²) in [6, 6.07) is 16.6. The number of carbonyl (C=O) groups is 2. The molecule has 2 aliphatic rings. The summed E-state index contributed by atoms with van der Waals surface area (Å²) < 4.78 is 13.7. The van der Waals surface area contributed by atoms with Crippen LogP contribution in [-0.2, 0) is 17.6 Å². The SMILES string of the molecule is CC(C)C(=O)N1C[C@H](c2ccc(F)cc2)[C@H]2CN(c3ncc(C(=O)O)c(CCc4ccccc4)n3)CC[C@@H]21. The predicted molar refractivity (Wildman–Crippen MR) is 143 cm³/mol. The van der Waals surface area contributed by atoms with Gasteiger partial charge in [-0.15, -0.1) is 0 Å². The summed E-state index contributed by atoms with van der Waals surface area (Å²) in [6.07, 6.45) is 3.36. The van der Waals surface area contributed by atoms with E-state index in [1.165, 1.54) is 18.3 Å². The Kier molecular flexibility index (Phi) is 7.40. The molecule has 0 saturated carbocycles. The molecule has 1 aromatic heterocycles. The van der Waals surface area contributed by atoms with Crippen molar-refractivity contribution in [1.82, 2.24) is 14.9 Å². The van der Waals surface area contributed by atoms with Gasteiger partial charge < -0.3 is 14.9 Å². The topological polar surface area (TPSA) is 86.6 Å². The molecule has 0 spiro atoms. The number of aromatic nitrogens is 2. The van der Waals surface area contributed by atoms with E-state index in [9.17, 15) is 19.1 Å². The van der Waals surface area contributed by atoms with Crippen LogP contribution in [0, 0.1) is 17.7 Å². The lowest BCUT2D eigenvalue weighted by Crippen LogP contribution is -2.49. The standard InChI is InChI=1S/C30H33FN4O3/c1-19(2)28(36)35-18-24(21-9-11-22(31)12-10-21)25-17-34(15-14-27(25)35)30-32-16-23(29(37)38)26(33-30)13-8-20-6-4-3-5-7-20/h3-7,9-12,16,19,24-25,27H,8,13-15,17-18H2,1-2H3,(H,37,38)/t24-,25-,27+/m1/s1. The minimum Gasteiger partial charge on any atom is -0.478 e. The number of fused-ring (bicyclic) bond motifs is 1. The molecule has 2 aliphatic heterocycles. The van der Waals surface area contributed by atoms with Gasteiger partial charge in [0.2, 0.25) is 11.9 Å². The third-order valence-electron chi connectivity index (χ3n) is 7.87. The molecule has 2 aromatic carbocycles. The zero-order valence-corrected chi connectivity index (χ0v) is 21.8. The third kappa shape index (κ3) is 5.26.